The third-order valence-corrected chi connectivity index (χ3v) is 3.96. The van der Waals surface area contributed by atoms with Gasteiger partial charge < -0.3 is 10.3 Å². The molecule has 6 nitrogen and oxygen atoms in total. The topological polar surface area (TPSA) is 103 Å². The van der Waals surface area contributed by atoms with E-state index in [9.17, 15) is 13.2 Å². The summed E-state index contributed by atoms with van der Waals surface area (Å²) >= 11 is 0. The van der Waals surface area contributed by atoms with E-state index >= 15 is 0 Å². The zero-order valence-electron chi connectivity index (χ0n) is 8.43. The molecule has 0 fully saturated rings. The highest BCUT2D eigenvalue weighted by molar-refractivity contribution is 7.92. The maximum atomic E-state index is 11.6. The fraction of sp³-hybridized carbons (Fsp3) is 0.500. The van der Waals surface area contributed by atoms with Gasteiger partial charge in [0.15, 0.2) is 15.6 Å². The number of nitrogens with zero attached hydrogens (tertiary/aromatic N) is 1. The lowest BCUT2D eigenvalue weighted by atomic mass is 10.4. The van der Waals surface area contributed by atoms with Gasteiger partial charge in [0.25, 0.3) is 0 Å². The summed E-state index contributed by atoms with van der Waals surface area (Å²) in [4.78, 5) is 10.7. The maximum absolute atomic E-state index is 11.6. The van der Waals surface area contributed by atoms with Crippen molar-refractivity contribution in [3.8, 4) is 0 Å². The number of aromatic nitrogens is 1. The molecule has 1 aromatic rings. The SMILES string of the molecule is Cc1cc(CS(=O)(=O)[C@H](C)C(N)=O)on1. The van der Waals surface area contributed by atoms with Gasteiger partial charge in [-0.05, 0) is 13.8 Å². The Balaban J connectivity index is 2.86. The van der Waals surface area contributed by atoms with E-state index in [4.69, 9.17) is 10.3 Å². The van der Waals surface area contributed by atoms with Crippen LogP contribution in [0, 0.1) is 6.92 Å². The van der Waals surface area contributed by atoms with E-state index in [-0.39, 0.29) is 11.5 Å². The smallest absolute Gasteiger partial charge is 0.235 e. The van der Waals surface area contributed by atoms with E-state index in [0.717, 1.165) is 0 Å². The molecule has 0 spiro atoms. The fourth-order valence-electron chi connectivity index (χ4n) is 0.985. The van der Waals surface area contributed by atoms with Crippen molar-refractivity contribution in [3.05, 3.63) is 17.5 Å². The van der Waals surface area contributed by atoms with Crippen molar-refractivity contribution in [1.29, 1.82) is 0 Å². The number of aryl methyl sites for hydroxylation is 1. The van der Waals surface area contributed by atoms with Crippen LogP contribution in [0.5, 0.6) is 0 Å². The zero-order valence-corrected chi connectivity index (χ0v) is 9.24. The number of carbonyl (C=O) groups excluding carboxylic acids is 1. The second-order valence-corrected chi connectivity index (χ2v) is 5.61. The summed E-state index contributed by atoms with van der Waals surface area (Å²) in [5.41, 5.74) is 5.51. The van der Waals surface area contributed by atoms with Gasteiger partial charge in [0.05, 0.1) is 5.69 Å². The lowest BCUT2D eigenvalue weighted by Crippen LogP contribution is -2.33. The average Bonchev–Trinajstić information content (AvgIpc) is 2.48. The molecule has 0 aliphatic heterocycles. The molecular formula is C8H12N2O4S. The molecule has 0 unspecified atom stereocenters. The molecule has 0 radical (unpaired) electrons. The summed E-state index contributed by atoms with van der Waals surface area (Å²) in [5, 5.41) is 2.33. The Labute approximate surface area is 87.3 Å². The summed E-state index contributed by atoms with van der Waals surface area (Å²) in [7, 11) is -3.61. The van der Waals surface area contributed by atoms with Gasteiger partial charge in [-0.2, -0.15) is 0 Å². The van der Waals surface area contributed by atoms with Crippen molar-refractivity contribution in [2.24, 2.45) is 5.73 Å². The third-order valence-electron chi connectivity index (χ3n) is 1.96. The van der Waals surface area contributed by atoms with Gasteiger partial charge in [-0.1, -0.05) is 5.16 Å². The molecule has 84 valence electrons. The highest BCUT2D eigenvalue weighted by atomic mass is 32.2. The first-order valence-electron chi connectivity index (χ1n) is 4.26. The summed E-state index contributed by atoms with van der Waals surface area (Å²) in [5.74, 6) is -1.02. The van der Waals surface area contributed by atoms with Gasteiger partial charge in [-0.3, -0.25) is 4.79 Å². The first-order valence-corrected chi connectivity index (χ1v) is 5.97. The van der Waals surface area contributed by atoms with E-state index in [2.05, 4.69) is 5.16 Å². The molecule has 2 N–H and O–H groups in total. The van der Waals surface area contributed by atoms with Crippen molar-refractivity contribution in [1.82, 2.24) is 5.16 Å². The van der Waals surface area contributed by atoms with Crippen molar-refractivity contribution >= 4 is 15.7 Å². The first kappa shape index (κ1) is 11.7. The normalized spacial score (nSPS) is 13.7. The van der Waals surface area contributed by atoms with Crippen LogP contribution in [0.15, 0.2) is 10.6 Å². The summed E-state index contributed by atoms with van der Waals surface area (Å²) in [6.45, 7) is 2.93. The molecule has 0 saturated heterocycles. The molecule has 0 bridgehead atoms. The Morgan fingerprint density at radius 1 is 1.67 bits per heavy atom. The number of hydrogen-bond acceptors (Lipinski definition) is 5. The van der Waals surface area contributed by atoms with Gasteiger partial charge in [0, 0.05) is 6.07 Å². The van der Waals surface area contributed by atoms with Crippen molar-refractivity contribution in [2.75, 3.05) is 0 Å². The van der Waals surface area contributed by atoms with Crippen LogP contribution in [-0.4, -0.2) is 24.7 Å². The lowest BCUT2D eigenvalue weighted by molar-refractivity contribution is -0.117. The molecule has 15 heavy (non-hydrogen) atoms. The van der Waals surface area contributed by atoms with Crippen LogP contribution in [0.1, 0.15) is 18.4 Å². The van der Waals surface area contributed by atoms with Crippen LogP contribution in [0.25, 0.3) is 0 Å². The van der Waals surface area contributed by atoms with Gasteiger partial charge >= 0.3 is 0 Å². The summed E-state index contributed by atoms with van der Waals surface area (Å²) in [6.07, 6.45) is 0. The monoisotopic (exact) mass is 232 g/mol. The van der Waals surface area contributed by atoms with Gasteiger partial charge in [-0.25, -0.2) is 8.42 Å². The number of nitrogens with two attached hydrogens (primary N) is 1. The molecule has 1 atom stereocenters. The first-order chi connectivity index (χ1) is 6.83. The minimum absolute atomic E-state index is 0.209. The zero-order chi connectivity index (χ0) is 11.6. The Bertz CT molecular complexity index is 463. The highest BCUT2D eigenvalue weighted by Gasteiger charge is 2.27. The largest absolute Gasteiger partial charge is 0.369 e. The van der Waals surface area contributed by atoms with Gasteiger partial charge in [-0.15, -0.1) is 0 Å². The predicted octanol–water partition coefficient (Wildman–Crippen LogP) is -0.228. The van der Waals surface area contributed by atoms with Gasteiger partial charge in [0.2, 0.25) is 5.91 Å². The molecule has 0 aliphatic carbocycles. The van der Waals surface area contributed by atoms with Gasteiger partial charge in [0.1, 0.15) is 11.0 Å². The lowest BCUT2D eigenvalue weighted by Gasteiger charge is -2.06. The summed E-state index contributed by atoms with van der Waals surface area (Å²) < 4.78 is 27.9. The molecule has 0 aliphatic rings. The molecule has 1 aromatic heterocycles. The van der Waals surface area contributed by atoms with Crippen LogP contribution < -0.4 is 5.73 Å². The van der Waals surface area contributed by atoms with E-state index in [1.807, 2.05) is 0 Å². The molecule has 0 aromatic carbocycles. The number of primary amides is 1. The van der Waals surface area contributed by atoms with E-state index in [0.29, 0.717) is 5.69 Å². The summed E-state index contributed by atoms with van der Waals surface area (Å²) in [6, 6.07) is 1.51. The van der Waals surface area contributed by atoms with Crippen LogP contribution in [0.3, 0.4) is 0 Å². The average molecular weight is 232 g/mol. The third kappa shape index (κ3) is 2.79. The van der Waals surface area contributed by atoms with Crippen LogP contribution in [-0.2, 0) is 20.4 Å². The number of sulfone groups is 1. The van der Waals surface area contributed by atoms with Crippen molar-refractivity contribution < 1.29 is 17.7 Å². The van der Waals surface area contributed by atoms with E-state index < -0.39 is 21.0 Å². The molecular weight excluding hydrogens is 220 g/mol. The number of rotatable bonds is 4. The number of amides is 1. The Morgan fingerprint density at radius 3 is 2.67 bits per heavy atom. The Hall–Kier alpha value is -1.37. The molecule has 1 heterocycles. The van der Waals surface area contributed by atoms with E-state index in [1.165, 1.54) is 13.0 Å². The highest BCUT2D eigenvalue weighted by Crippen LogP contribution is 2.11. The minimum atomic E-state index is -3.61. The number of carbonyl (C=O) groups is 1. The second kappa shape index (κ2) is 4.01. The molecule has 7 heteroatoms. The predicted molar refractivity (Wildman–Crippen MR) is 52.5 cm³/mol. The molecule has 0 saturated carbocycles. The van der Waals surface area contributed by atoms with Crippen LogP contribution >= 0.6 is 0 Å². The minimum Gasteiger partial charge on any atom is -0.369 e. The van der Waals surface area contributed by atoms with Crippen molar-refractivity contribution in [2.45, 2.75) is 24.9 Å². The fourth-order valence-corrected chi connectivity index (χ4v) is 2.12. The Kier molecular flexibility index (Phi) is 3.13. The van der Waals surface area contributed by atoms with Crippen LogP contribution in [0.2, 0.25) is 0 Å². The number of hydrogen-bond donors (Lipinski definition) is 1. The quantitative estimate of drug-likeness (QED) is 0.772. The van der Waals surface area contributed by atoms with Crippen LogP contribution in [0.4, 0.5) is 0 Å². The standard InChI is InChI=1S/C8H12N2O4S/c1-5-3-7(14-10-5)4-15(12,13)6(2)8(9)11/h3,6H,4H2,1-2H3,(H2,9,11)/t6-/m1/s1. The second-order valence-electron chi connectivity index (χ2n) is 3.29. The van der Waals surface area contributed by atoms with Crippen molar-refractivity contribution in [3.63, 3.8) is 0 Å². The molecule has 1 rings (SSSR count). The van der Waals surface area contributed by atoms with E-state index in [1.54, 1.807) is 6.92 Å². The maximum Gasteiger partial charge on any atom is 0.235 e. The Morgan fingerprint density at radius 2 is 2.27 bits per heavy atom. The molecule has 1 amide bonds.